The maximum atomic E-state index is 5.96. The van der Waals surface area contributed by atoms with Crippen LogP contribution in [0.3, 0.4) is 0 Å². The smallest absolute Gasteiger partial charge is 0.134 e. The summed E-state index contributed by atoms with van der Waals surface area (Å²) in [5.41, 5.74) is 0. The Kier molecular flexibility index (Phi) is 7.54. The first kappa shape index (κ1) is 16.6. The molecule has 0 bridgehead atoms. The molecule has 0 aliphatic heterocycles. The van der Waals surface area contributed by atoms with Gasteiger partial charge in [0.05, 0.1) is 16.7 Å². The zero-order valence-electron chi connectivity index (χ0n) is 11.6. The van der Waals surface area contributed by atoms with E-state index in [2.05, 4.69) is 19.2 Å². The highest BCUT2D eigenvalue weighted by molar-refractivity contribution is 6.42. The molecule has 5 heteroatoms. The standard InChI is InChI=1S/C14H21Cl2NO2/c1-10(2)7-17-8-12(9-18-3)19-11-4-5-13(15)14(16)6-11/h4-6,10,12,17H,7-9H2,1-3H3. The summed E-state index contributed by atoms with van der Waals surface area (Å²) in [6.45, 7) is 6.53. The summed E-state index contributed by atoms with van der Waals surface area (Å²) in [6.07, 6.45) is -0.0546. The fraction of sp³-hybridized carbons (Fsp3) is 0.571. The Bertz CT molecular complexity index is 386. The second-order valence-corrected chi connectivity index (χ2v) is 5.64. The first-order chi connectivity index (χ1) is 9.02. The quantitative estimate of drug-likeness (QED) is 0.795. The Morgan fingerprint density at radius 1 is 1.16 bits per heavy atom. The third-order valence-corrected chi connectivity index (χ3v) is 3.21. The molecule has 0 heterocycles. The van der Waals surface area contributed by atoms with Crippen molar-refractivity contribution in [3.63, 3.8) is 0 Å². The summed E-state index contributed by atoms with van der Waals surface area (Å²) in [4.78, 5) is 0. The van der Waals surface area contributed by atoms with E-state index >= 15 is 0 Å². The van der Waals surface area contributed by atoms with Gasteiger partial charge in [-0.15, -0.1) is 0 Å². The average molecular weight is 306 g/mol. The Labute approximate surface area is 125 Å². The molecule has 0 aromatic heterocycles. The van der Waals surface area contributed by atoms with Crippen LogP contribution in [0.25, 0.3) is 0 Å². The maximum Gasteiger partial charge on any atom is 0.134 e. The van der Waals surface area contributed by atoms with Crippen LogP contribution in [0.15, 0.2) is 18.2 Å². The van der Waals surface area contributed by atoms with Crippen molar-refractivity contribution in [2.24, 2.45) is 5.92 Å². The molecular weight excluding hydrogens is 285 g/mol. The van der Waals surface area contributed by atoms with E-state index in [0.29, 0.717) is 28.3 Å². The van der Waals surface area contributed by atoms with Crippen molar-refractivity contribution >= 4 is 23.2 Å². The molecule has 1 rings (SSSR count). The summed E-state index contributed by atoms with van der Waals surface area (Å²) in [6, 6.07) is 5.25. The summed E-state index contributed by atoms with van der Waals surface area (Å²) < 4.78 is 11.0. The minimum atomic E-state index is -0.0546. The Morgan fingerprint density at radius 2 is 1.89 bits per heavy atom. The highest BCUT2D eigenvalue weighted by Gasteiger charge is 2.11. The van der Waals surface area contributed by atoms with Gasteiger partial charge in [-0.1, -0.05) is 37.0 Å². The van der Waals surface area contributed by atoms with Crippen molar-refractivity contribution in [2.45, 2.75) is 20.0 Å². The molecule has 19 heavy (non-hydrogen) atoms. The van der Waals surface area contributed by atoms with Crippen LogP contribution in [-0.2, 0) is 4.74 Å². The second-order valence-electron chi connectivity index (χ2n) is 4.82. The number of hydrogen-bond acceptors (Lipinski definition) is 3. The Hall–Kier alpha value is -0.480. The number of nitrogens with one attached hydrogen (secondary N) is 1. The number of hydrogen-bond donors (Lipinski definition) is 1. The Morgan fingerprint density at radius 3 is 2.47 bits per heavy atom. The lowest BCUT2D eigenvalue weighted by atomic mass is 10.2. The molecule has 3 nitrogen and oxygen atoms in total. The van der Waals surface area contributed by atoms with Crippen LogP contribution in [0.2, 0.25) is 10.0 Å². The SMILES string of the molecule is COCC(CNCC(C)C)Oc1ccc(Cl)c(Cl)c1. The topological polar surface area (TPSA) is 30.5 Å². The Balaban J connectivity index is 2.54. The highest BCUT2D eigenvalue weighted by Crippen LogP contribution is 2.26. The minimum Gasteiger partial charge on any atom is -0.487 e. The van der Waals surface area contributed by atoms with Crippen molar-refractivity contribution in [3.05, 3.63) is 28.2 Å². The van der Waals surface area contributed by atoms with Gasteiger partial charge in [-0.3, -0.25) is 0 Å². The summed E-state index contributed by atoms with van der Waals surface area (Å²) in [7, 11) is 1.66. The minimum absolute atomic E-state index is 0.0546. The third-order valence-electron chi connectivity index (χ3n) is 2.47. The molecule has 108 valence electrons. The van der Waals surface area contributed by atoms with E-state index in [1.165, 1.54) is 0 Å². The monoisotopic (exact) mass is 305 g/mol. The molecule has 1 aromatic rings. The molecule has 0 spiro atoms. The molecule has 0 aliphatic rings. The van der Waals surface area contributed by atoms with Crippen LogP contribution in [0.1, 0.15) is 13.8 Å². The van der Waals surface area contributed by atoms with Gasteiger partial charge in [-0.05, 0) is 24.6 Å². The fourth-order valence-electron chi connectivity index (χ4n) is 1.60. The first-order valence-electron chi connectivity index (χ1n) is 6.34. The van der Waals surface area contributed by atoms with Crippen LogP contribution in [0.5, 0.6) is 5.75 Å². The molecule has 1 atom stereocenters. The third kappa shape index (κ3) is 6.48. The summed E-state index contributed by atoms with van der Waals surface area (Å²) in [5.74, 6) is 1.30. The molecule has 0 radical (unpaired) electrons. The number of rotatable bonds is 8. The van der Waals surface area contributed by atoms with Gasteiger partial charge in [0.1, 0.15) is 11.9 Å². The molecule has 0 saturated heterocycles. The summed E-state index contributed by atoms with van der Waals surface area (Å²) >= 11 is 11.8. The lowest BCUT2D eigenvalue weighted by Gasteiger charge is -2.20. The molecule has 0 aliphatic carbocycles. The van der Waals surface area contributed by atoms with Crippen molar-refractivity contribution in [1.82, 2.24) is 5.32 Å². The van der Waals surface area contributed by atoms with Gasteiger partial charge in [-0.2, -0.15) is 0 Å². The van der Waals surface area contributed by atoms with E-state index in [1.807, 2.05) is 0 Å². The van der Waals surface area contributed by atoms with Crippen LogP contribution >= 0.6 is 23.2 Å². The van der Waals surface area contributed by atoms with Gasteiger partial charge < -0.3 is 14.8 Å². The number of methoxy groups -OCH3 is 1. The van der Waals surface area contributed by atoms with Gasteiger partial charge in [0.25, 0.3) is 0 Å². The van der Waals surface area contributed by atoms with E-state index in [9.17, 15) is 0 Å². The van der Waals surface area contributed by atoms with E-state index in [1.54, 1.807) is 25.3 Å². The first-order valence-corrected chi connectivity index (χ1v) is 7.10. The van der Waals surface area contributed by atoms with Gasteiger partial charge in [0.2, 0.25) is 0 Å². The van der Waals surface area contributed by atoms with E-state index in [4.69, 9.17) is 32.7 Å². The number of ether oxygens (including phenoxy) is 2. The van der Waals surface area contributed by atoms with Gasteiger partial charge in [-0.25, -0.2) is 0 Å². The second kappa shape index (κ2) is 8.64. The van der Waals surface area contributed by atoms with E-state index < -0.39 is 0 Å². The van der Waals surface area contributed by atoms with Crippen molar-refractivity contribution in [2.75, 3.05) is 26.8 Å². The van der Waals surface area contributed by atoms with Gasteiger partial charge in [0, 0.05) is 19.7 Å². The van der Waals surface area contributed by atoms with Crippen LogP contribution in [-0.4, -0.2) is 32.9 Å². The zero-order valence-corrected chi connectivity index (χ0v) is 13.1. The van der Waals surface area contributed by atoms with Crippen molar-refractivity contribution < 1.29 is 9.47 Å². The normalized spacial score (nSPS) is 12.7. The van der Waals surface area contributed by atoms with Crippen LogP contribution in [0, 0.1) is 5.92 Å². The van der Waals surface area contributed by atoms with Gasteiger partial charge in [0.15, 0.2) is 0 Å². The number of benzene rings is 1. The molecule has 0 amide bonds. The summed E-state index contributed by atoms with van der Waals surface area (Å²) in [5, 5.41) is 4.37. The molecular formula is C14H21Cl2NO2. The largest absolute Gasteiger partial charge is 0.487 e. The van der Waals surface area contributed by atoms with Crippen molar-refractivity contribution in [3.8, 4) is 5.75 Å². The predicted molar refractivity (Wildman–Crippen MR) is 80.5 cm³/mol. The van der Waals surface area contributed by atoms with Crippen LogP contribution < -0.4 is 10.1 Å². The number of halogens is 2. The molecule has 1 N–H and O–H groups in total. The molecule has 1 aromatic carbocycles. The van der Waals surface area contributed by atoms with Gasteiger partial charge >= 0.3 is 0 Å². The molecule has 1 unspecified atom stereocenters. The average Bonchev–Trinajstić information content (AvgIpc) is 2.33. The maximum absolute atomic E-state index is 5.96. The van der Waals surface area contributed by atoms with Crippen molar-refractivity contribution in [1.29, 1.82) is 0 Å². The van der Waals surface area contributed by atoms with Crippen LogP contribution in [0.4, 0.5) is 0 Å². The lowest BCUT2D eigenvalue weighted by Crippen LogP contribution is -2.36. The van der Waals surface area contributed by atoms with E-state index in [0.717, 1.165) is 13.1 Å². The molecule has 0 fully saturated rings. The zero-order chi connectivity index (χ0) is 14.3. The lowest BCUT2D eigenvalue weighted by molar-refractivity contribution is 0.0802. The fourth-order valence-corrected chi connectivity index (χ4v) is 1.88. The predicted octanol–water partition coefficient (Wildman–Crippen LogP) is 3.63. The van der Waals surface area contributed by atoms with E-state index in [-0.39, 0.29) is 6.10 Å². The highest BCUT2D eigenvalue weighted by atomic mass is 35.5. The molecule has 0 saturated carbocycles.